The number of hydrogen-bond acceptors (Lipinski definition) is 4. The lowest BCUT2D eigenvalue weighted by atomic mass is 10.1. The van der Waals surface area contributed by atoms with E-state index in [-0.39, 0.29) is 11.9 Å². The van der Waals surface area contributed by atoms with Gasteiger partial charge in [0.05, 0.1) is 5.69 Å². The summed E-state index contributed by atoms with van der Waals surface area (Å²) in [7, 11) is 0. The fourth-order valence-electron chi connectivity index (χ4n) is 1.30. The van der Waals surface area contributed by atoms with E-state index in [2.05, 4.69) is 10.5 Å². The summed E-state index contributed by atoms with van der Waals surface area (Å²) in [5.74, 6) is 0.456. The third kappa shape index (κ3) is 2.56. The van der Waals surface area contributed by atoms with Crippen LogP contribution in [0.5, 0.6) is 0 Å². The maximum atomic E-state index is 11.8. The number of carbonyl (C=O) groups is 1. The van der Waals surface area contributed by atoms with E-state index in [1.54, 1.807) is 6.92 Å². The van der Waals surface area contributed by atoms with Crippen molar-refractivity contribution in [2.24, 2.45) is 5.73 Å². The lowest BCUT2D eigenvalue weighted by molar-refractivity contribution is 0.0939. The molecule has 3 N–H and O–H groups in total. The molecule has 0 aliphatic heterocycles. The first-order valence-electron chi connectivity index (χ1n) is 5.06. The molecule has 0 saturated heterocycles. The average Bonchev–Trinajstić information content (AvgIpc) is 2.59. The molecule has 1 amide bonds. The van der Waals surface area contributed by atoms with Crippen molar-refractivity contribution in [1.29, 1.82) is 0 Å². The van der Waals surface area contributed by atoms with E-state index < -0.39 is 0 Å². The van der Waals surface area contributed by atoms with Gasteiger partial charge in [-0.2, -0.15) is 0 Å². The quantitative estimate of drug-likeness (QED) is 0.765. The van der Waals surface area contributed by atoms with Gasteiger partial charge in [-0.1, -0.05) is 12.1 Å². The Hall–Kier alpha value is -1.36. The van der Waals surface area contributed by atoms with Crippen LogP contribution in [0.15, 0.2) is 4.52 Å². The summed E-state index contributed by atoms with van der Waals surface area (Å²) in [6.45, 7) is 5.94. The number of rotatable bonds is 4. The van der Waals surface area contributed by atoms with Crippen LogP contribution in [0.1, 0.15) is 35.7 Å². The Bertz CT molecular complexity index is 346. The highest BCUT2D eigenvalue weighted by Gasteiger charge is 2.19. The minimum Gasteiger partial charge on any atom is -0.360 e. The van der Waals surface area contributed by atoms with Crippen LogP contribution in [0.4, 0.5) is 0 Å². The van der Waals surface area contributed by atoms with Crippen LogP contribution in [0.3, 0.4) is 0 Å². The minimum atomic E-state index is -0.163. The number of hydrogen-bond donors (Lipinski definition) is 2. The van der Waals surface area contributed by atoms with Gasteiger partial charge in [0.2, 0.25) is 0 Å². The van der Waals surface area contributed by atoms with E-state index in [4.69, 9.17) is 10.3 Å². The second-order valence-corrected chi connectivity index (χ2v) is 3.53. The van der Waals surface area contributed by atoms with Gasteiger partial charge in [0.25, 0.3) is 5.91 Å². The molecule has 84 valence electrons. The van der Waals surface area contributed by atoms with Gasteiger partial charge >= 0.3 is 0 Å². The summed E-state index contributed by atoms with van der Waals surface area (Å²) in [6, 6.07) is -0.0449. The van der Waals surface area contributed by atoms with Gasteiger partial charge < -0.3 is 15.6 Å². The zero-order valence-corrected chi connectivity index (χ0v) is 9.33. The summed E-state index contributed by atoms with van der Waals surface area (Å²) in [5.41, 5.74) is 6.59. The molecule has 0 radical (unpaired) electrons. The highest BCUT2D eigenvalue weighted by atomic mass is 16.5. The minimum absolute atomic E-state index is 0.0449. The molecule has 0 saturated carbocycles. The molecule has 1 aromatic rings. The summed E-state index contributed by atoms with van der Waals surface area (Å²) < 4.78 is 5.04. The maximum Gasteiger partial charge on any atom is 0.257 e. The van der Waals surface area contributed by atoms with Gasteiger partial charge in [-0.15, -0.1) is 0 Å². The predicted molar refractivity (Wildman–Crippen MR) is 56.6 cm³/mol. The normalized spacial score (nSPS) is 12.5. The van der Waals surface area contributed by atoms with E-state index in [9.17, 15) is 4.79 Å². The molecule has 0 bridgehead atoms. The summed E-state index contributed by atoms with van der Waals surface area (Å²) in [5, 5.41) is 6.56. The predicted octanol–water partition coefficient (Wildman–Crippen LogP) is 0.622. The van der Waals surface area contributed by atoms with Crippen molar-refractivity contribution in [1.82, 2.24) is 10.5 Å². The fourth-order valence-corrected chi connectivity index (χ4v) is 1.30. The topological polar surface area (TPSA) is 81.2 Å². The number of aryl methyl sites for hydroxylation is 2. The molecule has 1 aromatic heterocycles. The Kier molecular flexibility index (Phi) is 3.85. The third-order valence-electron chi connectivity index (χ3n) is 2.21. The molecule has 5 nitrogen and oxygen atoms in total. The first-order valence-corrected chi connectivity index (χ1v) is 5.06. The molecule has 0 spiro atoms. The second kappa shape index (κ2) is 4.93. The van der Waals surface area contributed by atoms with Gasteiger partial charge in [-0.3, -0.25) is 4.79 Å². The van der Waals surface area contributed by atoms with Crippen LogP contribution >= 0.6 is 0 Å². The van der Waals surface area contributed by atoms with Gasteiger partial charge in [0.1, 0.15) is 11.3 Å². The van der Waals surface area contributed by atoms with Crippen molar-refractivity contribution in [3.8, 4) is 0 Å². The van der Waals surface area contributed by atoms with E-state index in [0.29, 0.717) is 30.0 Å². The number of nitrogens with zero attached hydrogens (tertiary/aromatic N) is 1. The molecular formula is C10H17N3O2. The van der Waals surface area contributed by atoms with Crippen molar-refractivity contribution in [2.75, 3.05) is 6.54 Å². The number of nitrogens with two attached hydrogens (primary N) is 1. The molecule has 1 rings (SSSR count). The highest BCUT2D eigenvalue weighted by molar-refractivity contribution is 5.96. The molecule has 0 fully saturated rings. The standard InChI is InChI=1S/C10H17N3O2/c1-4-8-9(7(3)13-15-8)10(14)12-6(2)5-11/h6H,4-5,11H2,1-3H3,(H,12,14)/t6-/m0/s1. The summed E-state index contributed by atoms with van der Waals surface area (Å²) in [6.07, 6.45) is 0.653. The number of amides is 1. The van der Waals surface area contributed by atoms with Gasteiger partial charge in [-0.05, 0) is 13.8 Å². The molecule has 15 heavy (non-hydrogen) atoms. The molecule has 0 aromatic carbocycles. The van der Waals surface area contributed by atoms with Crippen molar-refractivity contribution >= 4 is 5.91 Å². The molecular weight excluding hydrogens is 194 g/mol. The van der Waals surface area contributed by atoms with Crippen molar-refractivity contribution in [3.05, 3.63) is 17.0 Å². The zero-order chi connectivity index (χ0) is 11.4. The van der Waals surface area contributed by atoms with Crippen LogP contribution in [-0.4, -0.2) is 23.7 Å². The lowest BCUT2D eigenvalue weighted by Gasteiger charge is -2.10. The Labute approximate surface area is 89.0 Å². The molecule has 5 heteroatoms. The molecule has 1 heterocycles. The second-order valence-electron chi connectivity index (χ2n) is 3.53. The van der Waals surface area contributed by atoms with E-state index >= 15 is 0 Å². The van der Waals surface area contributed by atoms with E-state index in [1.807, 2.05) is 13.8 Å². The Balaban J connectivity index is 2.85. The number of carbonyl (C=O) groups excluding carboxylic acids is 1. The SMILES string of the molecule is CCc1onc(C)c1C(=O)N[C@@H](C)CN. The van der Waals surface area contributed by atoms with Crippen LogP contribution in [-0.2, 0) is 6.42 Å². The summed E-state index contributed by atoms with van der Waals surface area (Å²) in [4.78, 5) is 11.8. The van der Waals surface area contributed by atoms with Crippen molar-refractivity contribution in [3.63, 3.8) is 0 Å². The zero-order valence-electron chi connectivity index (χ0n) is 9.33. The summed E-state index contributed by atoms with van der Waals surface area (Å²) >= 11 is 0. The highest BCUT2D eigenvalue weighted by Crippen LogP contribution is 2.13. The van der Waals surface area contributed by atoms with E-state index in [0.717, 1.165) is 0 Å². The Morgan fingerprint density at radius 1 is 1.67 bits per heavy atom. The Morgan fingerprint density at radius 3 is 2.87 bits per heavy atom. The van der Waals surface area contributed by atoms with Gasteiger partial charge in [0.15, 0.2) is 0 Å². The lowest BCUT2D eigenvalue weighted by Crippen LogP contribution is -2.38. The molecule has 1 atom stereocenters. The van der Waals surface area contributed by atoms with Crippen LogP contribution in [0, 0.1) is 6.92 Å². The number of aromatic nitrogens is 1. The molecule has 0 unspecified atom stereocenters. The molecule has 0 aliphatic carbocycles. The maximum absolute atomic E-state index is 11.8. The monoisotopic (exact) mass is 211 g/mol. The Morgan fingerprint density at radius 2 is 2.33 bits per heavy atom. The smallest absolute Gasteiger partial charge is 0.257 e. The average molecular weight is 211 g/mol. The molecule has 0 aliphatic rings. The van der Waals surface area contributed by atoms with Crippen LogP contribution in [0.25, 0.3) is 0 Å². The van der Waals surface area contributed by atoms with Gasteiger partial charge in [0, 0.05) is 19.0 Å². The fraction of sp³-hybridized carbons (Fsp3) is 0.600. The first kappa shape index (κ1) is 11.7. The first-order chi connectivity index (χ1) is 7.10. The van der Waals surface area contributed by atoms with Crippen LogP contribution in [0.2, 0.25) is 0 Å². The van der Waals surface area contributed by atoms with Crippen molar-refractivity contribution in [2.45, 2.75) is 33.2 Å². The van der Waals surface area contributed by atoms with E-state index in [1.165, 1.54) is 0 Å². The number of nitrogens with one attached hydrogen (secondary N) is 1. The van der Waals surface area contributed by atoms with Gasteiger partial charge in [-0.25, -0.2) is 0 Å². The van der Waals surface area contributed by atoms with Crippen LogP contribution < -0.4 is 11.1 Å². The third-order valence-corrected chi connectivity index (χ3v) is 2.21. The van der Waals surface area contributed by atoms with Crippen molar-refractivity contribution < 1.29 is 9.32 Å². The largest absolute Gasteiger partial charge is 0.360 e.